The van der Waals surface area contributed by atoms with Crippen molar-refractivity contribution in [3.8, 4) is 0 Å². The van der Waals surface area contributed by atoms with Crippen LogP contribution in [-0.2, 0) is 16.7 Å². The van der Waals surface area contributed by atoms with Gasteiger partial charge in [0.25, 0.3) is 10.1 Å². The fraction of sp³-hybridized carbons (Fsp3) is 0.333. The van der Waals surface area contributed by atoms with Gasteiger partial charge in [0.1, 0.15) is 4.90 Å². The van der Waals surface area contributed by atoms with Crippen molar-refractivity contribution in [1.82, 2.24) is 4.90 Å². The van der Waals surface area contributed by atoms with Crippen molar-refractivity contribution < 1.29 is 13.0 Å². The zero-order valence-corrected chi connectivity index (χ0v) is 9.45. The van der Waals surface area contributed by atoms with Crippen molar-refractivity contribution in [2.75, 3.05) is 19.8 Å². The molecule has 0 aliphatic rings. The minimum absolute atomic E-state index is 0.129. The normalized spacial score (nSPS) is 12.0. The standard InChI is InChI=1S/C9H14N2O3S/c1-11(2)6-7-3-4-8(10)5-9(7)15(12,13)14/h3-5H,6,10H2,1-2H3,(H,12,13,14). The SMILES string of the molecule is CN(C)Cc1ccc(N)cc1S(=O)(=O)O. The second kappa shape index (κ2) is 4.18. The molecule has 0 saturated heterocycles. The average molecular weight is 230 g/mol. The molecule has 0 aliphatic heterocycles. The molecule has 0 spiro atoms. The molecule has 0 heterocycles. The maximum absolute atomic E-state index is 11.1. The van der Waals surface area contributed by atoms with Crippen LogP contribution in [-0.4, -0.2) is 32.0 Å². The highest BCUT2D eigenvalue weighted by atomic mass is 32.2. The average Bonchev–Trinajstić information content (AvgIpc) is 2.05. The van der Waals surface area contributed by atoms with Crippen molar-refractivity contribution in [1.29, 1.82) is 0 Å². The van der Waals surface area contributed by atoms with E-state index in [0.29, 0.717) is 17.8 Å². The number of benzene rings is 1. The van der Waals surface area contributed by atoms with E-state index < -0.39 is 10.1 Å². The van der Waals surface area contributed by atoms with E-state index in [1.54, 1.807) is 17.0 Å². The van der Waals surface area contributed by atoms with Gasteiger partial charge in [-0.1, -0.05) is 6.07 Å². The summed E-state index contributed by atoms with van der Waals surface area (Å²) >= 11 is 0. The van der Waals surface area contributed by atoms with Crippen LogP contribution >= 0.6 is 0 Å². The number of rotatable bonds is 3. The second-order valence-electron chi connectivity index (χ2n) is 3.58. The number of hydrogen-bond acceptors (Lipinski definition) is 4. The summed E-state index contributed by atoms with van der Waals surface area (Å²) in [5, 5.41) is 0. The van der Waals surface area contributed by atoms with E-state index in [4.69, 9.17) is 10.3 Å². The Hall–Kier alpha value is -1.11. The molecule has 3 N–H and O–H groups in total. The van der Waals surface area contributed by atoms with Crippen LogP contribution in [0.5, 0.6) is 0 Å². The first-order valence-corrected chi connectivity index (χ1v) is 5.75. The second-order valence-corrected chi connectivity index (χ2v) is 4.97. The van der Waals surface area contributed by atoms with Crippen LogP contribution in [0, 0.1) is 0 Å². The molecule has 5 nitrogen and oxygen atoms in total. The number of hydrogen-bond donors (Lipinski definition) is 2. The van der Waals surface area contributed by atoms with Gasteiger partial charge in [-0.2, -0.15) is 8.42 Å². The molecule has 84 valence electrons. The minimum Gasteiger partial charge on any atom is -0.399 e. The van der Waals surface area contributed by atoms with E-state index in [1.807, 2.05) is 14.1 Å². The summed E-state index contributed by atoms with van der Waals surface area (Å²) in [5.74, 6) is 0. The van der Waals surface area contributed by atoms with Gasteiger partial charge in [0.05, 0.1) is 0 Å². The van der Waals surface area contributed by atoms with E-state index in [0.717, 1.165) is 0 Å². The van der Waals surface area contributed by atoms with E-state index in [-0.39, 0.29) is 4.90 Å². The Labute approximate surface area is 89.3 Å². The lowest BCUT2D eigenvalue weighted by atomic mass is 10.2. The molecular formula is C9H14N2O3S. The maximum atomic E-state index is 11.1. The van der Waals surface area contributed by atoms with Crippen LogP contribution in [0.25, 0.3) is 0 Å². The molecule has 0 bridgehead atoms. The Morgan fingerprint density at radius 1 is 1.40 bits per heavy atom. The Kier molecular flexibility index (Phi) is 3.33. The largest absolute Gasteiger partial charge is 0.399 e. The molecular weight excluding hydrogens is 216 g/mol. The summed E-state index contributed by atoms with van der Waals surface area (Å²) in [6.45, 7) is 0.426. The van der Waals surface area contributed by atoms with Gasteiger partial charge in [0, 0.05) is 12.2 Å². The lowest BCUT2D eigenvalue weighted by Gasteiger charge is -2.12. The summed E-state index contributed by atoms with van der Waals surface area (Å²) in [7, 11) is -0.589. The Bertz CT molecular complexity index is 454. The zero-order chi connectivity index (χ0) is 11.6. The lowest BCUT2D eigenvalue weighted by molar-refractivity contribution is 0.397. The highest BCUT2D eigenvalue weighted by Gasteiger charge is 2.15. The van der Waals surface area contributed by atoms with E-state index >= 15 is 0 Å². The summed E-state index contributed by atoms with van der Waals surface area (Å²) < 4.78 is 31.1. The van der Waals surface area contributed by atoms with E-state index in [1.165, 1.54) is 6.07 Å². The van der Waals surface area contributed by atoms with E-state index in [2.05, 4.69) is 0 Å². The molecule has 0 unspecified atom stereocenters. The third-order valence-electron chi connectivity index (χ3n) is 1.86. The van der Waals surface area contributed by atoms with E-state index in [9.17, 15) is 8.42 Å². The number of nitrogens with zero attached hydrogens (tertiary/aromatic N) is 1. The van der Waals surface area contributed by atoms with Crippen molar-refractivity contribution in [2.24, 2.45) is 0 Å². The molecule has 0 amide bonds. The third kappa shape index (κ3) is 3.19. The zero-order valence-electron chi connectivity index (χ0n) is 8.64. The van der Waals surface area contributed by atoms with Gasteiger partial charge in [0.15, 0.2) is 0 Å². The van der Waals surface area contributed by atoms with Crippen LogP contribution in [0.15, 0.2) is 23.1 Å². The molecule has 1 aromatic carbocycles. The molecule has 6 heteroatoms. The van der Waals surface area contributed by atoms with Crippen LogP contribution in [0.1, 0.15) is 5.56 Å². The number of nitrogen functional groups attached to an aromatic ring is 1. The fourth-order valence-corrected chi connectivity index (χ4v) is 2.03. The fourth-order valence-electron chi connectivity index (χ4n) is 1.28. The predicted octanol–water partition coefficient (Wildman–Crippen LogP) is 0.577. The minimum atomic E-state index is -4.21. The molecule has 0 radical (unpaired) electrons. The Balaban J connectivity index is 3.27. The monoisotopic (exact) mass is 230 g/mol. The Morgan fingerprint density at radius 2 is 2.00 bits per heavy atom. The molecule has 0 saturated carbocycles. The predicted molar refractivity (Wildman–Crippen MR) is 58.1 cm³/mol. The number of anilines is 1. The summed E-state index contributed by atoms with van der Waals surface area (Å²) in [4.78, 5) is 1.68. The van der Waals surface area contributed by atoms with Crippen molar-refractivity contribution in [3.63, 3.8) is 0 Å². The molecule has 1 rings (SSSR count). The summed E-state index contributed by atoms with van der Waals surface area (Å²) in [6, 6.07) is 4.46. The van der Waals surface area contributed by atoms with Gasteiger partial charge in [0.2, 0.25) is 0 Å². The van der Waals surface area contributed by atoms with Crippen molar-refractivity contribution in [3.05, 3.63) is 23.8 Å². The number of nitrogens with two attached hydrogens (primary N) is 1. The van der Waals surface area contributed by atoms with Crippen LogP contribution in [0.4, 0.5) is 5.69 Å². The van der Waals surface area contributed by atoms with Crippen molar-refractivity contribution in [2.45, 2.75) is 11.4 Å². The van der Waals surface area contributed by atoms with Gasteiger partial charge < -0.3 is 10.6 Å². The highest BCUT2D eigenvalue weighted by Crippen LogP contribution is 2.19. The van der Waals surface area contributed by atoms with Crippen molar-refractivity contribution >= 4 is 15.8 Å². The van der Waals surface area contributed by atoms with Gasteiger partial charge in [-0.25, -0.2) is 0 Å². The molecule has 0 fully saturated rings. The quantitative estimate of drug-likeness (QED) is 0.586. The third-order valence-corrected chi connectivity index (χ3v) is 2.79. The molecule has 15 heavy (non-hydrogen) atoms. The Morgan fingerprint density at radius 3 is 2.47 bits per heavy atom. The molecule has 0 atom stereocenters. The van der Waals surface area contributed by atoms with Crippen LogP contribution < -0.4 is 5.73 Å². The lowest BCUT2D eigenvalue weighted by Crippen LogP contribution is -2.14. The summed E-state index contributed by atoms with van der Waals surface area (Å²) in [6.07, 6.45) is 0. The molecule has 0 aliphatic carbocycles. The van der Waals surface area contributed by atoms with Gasteiger partial charge in [-0.15, -0.1) is 0 Å². The molecule has 1 aromatic rings. The summed E-state index contributed by atoms with van der Waals surface area (Å²) in [5.41, 5.74) is 6.30. The first kappa shape index (κ1) is 12.0. The smallest absolute Gasteiger partial charge is 0.294 e. The maximum Gasteiger partial charge on any atom is 0.294 e. The molecule has 0 aromatic heterocycles. The van der Waals surface area contributed by atoms with Crippen LogP contribution in [0.2, 0.25) is 0 Å². The topological polar surface area (TPSA) is 83.6 Å². The first-order chi connectivity index (χ1) is 6.80. The highest BCUT2D eigenvalue weighted by molar-refractivity contribution is 7.85. The van der Waals surface area contributed by atoms with Crippen LogP contribution in [0.3, 0.4) is 0 Å². The first-order valence-electron chi connectivity index (χ1n) is 4.31. The van der Waals surface area contributed by atoms with Gasteiger partial charge in [-0.05, 0) is 31.8 Å². The van der Waals surface area contributed by atoms with Gasteiger partial charge in [-0.3, -0.25) is 4.55 Å². The van der Waals surface area contributed by atoms with Gasteiger partial charge >= 0.3 is 0 Å².